The number of thiol groups is 1. The summed E-state index contributed by atoms with van der Waals surface area (Å²) in [7, 11) is 4.29. The fraction of sp³-hybridized carbons (Fsp3) is 1.00. The molecule has 0 aliphatic heterocycles. The van der Waals surface area contributed by atoms with Crippen molar-refractivity contribution in [2.75, 3.05) is 37.9 Å². The van der Waals surface area contributed by atoms with Crippen LogP contribution in [0.4, 0.5) is 0 Å². The molecular weight excluding hydrogens is 234 g/mol. The molecule has 0 unspecified atom stereocenters. The molecule has 0 heterocycles. The van der Waals surface area contributed by atoms with Crippen LogP contribution < -0.4 is 0 Å². The maximum atomic E-state index is 4.22. The highest BCUT2D eigenvalue weighted by atomic mass is 32.2. The molecule has 0 saturated heterocycles. The second-order valence-electron chi connectivity index (χ2n) is 4.61. The van der Waals surface area contributed by atoms with Crippen LogP contribution in [0, 0.1) is 0 Å². The molecule has 0 bridgehead atoms. The predicted octanol–water partition coefficient (Wildman–Crippen LogP) is 3.94. The van der Waals surface area contributed by atoms with Gasteiger partial charge in [-0.2, -0.15) is 24.4 Å². The highest BCUT2D eigenvalue weighted by molar-refractivity contribution is 7.99. The summed E-state index contributed by atoms with van der Waals surface area (Å²) in [5, 5.41) is 0. The third kappa shape index (κ3) is 14.7. The molecule has 0 aliphatic carbocycles. The molecule has 0 aromatic rings. The van der Waals surface area contributed by atoms with E-state index in [0.717, 1.165) is 5.75 Å². The second-order valence-corrected chi connectivity index (χ2v) is 6.29. The summed E-state index contributed by atoms with van der Waals surface area (Å²) in [5.74, 6) is 3.70. The Bertz CT molecular complexity index is 129. The van der Waals surface area contributed by atoms with E-state index in [4.69, 9.17) is 0 Å². The molecule has 3 heteroatoms. The van der Waals surface area contributed by atoms with Crippen LogP contribution in [0.3, 0.4) is 0 Å². The van der Waals surface area contributed by atoms with Crippen molar-refractivity contribution in [1.29, 1.82) is 0 Å². The van der Waals surface area contributed by atoms with Gasteiger partial charge in [-0.1, -0.05) is 32.1 Å². The lowest BCUT2D eigenvalue weighted by molar-refractivity contribution is 0.437. The number of thioether (sulfide) groups is 1. The van der Waals surface area contributed by atoms with Crippen LogP contribution in [0.15, 0.2) is 0 Å². The standard InChI is InChI=1S/C13H29NS2/c1-14(2)10-13-16-12-9-7-5-3-4-6-8-11-15/h15H,3-13H2,1-2H3. The number of hydrogen-bond donors (Lipinski definition) is 1. The van der Waals surface area contributed by atoms with Crippen LogP contribution in [0.5, 0.6) is 0 Å². The molecule has 0 N–H and O–H groups in total. The Balaban J connectivity index is 2.88. The van der Waals surface area contributed by atoms with Gasteiger partial charge in [0.1, 0.15) is 0 Å². The van der Waals surface area contributed by atoms with Crippen molar-refractivity contribution in [3.05, 3.63) is 0 Å². The van der Waals surface area contributed by atoms with Crippen LogP contribution in [-0.4, -0.2) is 42.8 Å². The minimum atomic E-state index is 1.06. The van der Waals surface area contributed by atoms with E-state index in [1.54, 1.807) is 0 Å². The molecule has 0 aliphatic rings. The van der Waals surface area contributed by atoms with E-state index in [0.29, 0.717) is 0 Å². The lowest BCUT2D eigenvalue weighted by atomic mass is 10.1. The Hall–Kier alpha value is 0.660. The van der Waals surface area contributed by atoms with Crippen molar-refractivity contribution < 1.29 is 0 Å². The Kier molecular flexibility index (Phi) is 14.3. The zero-order valence-electron chi connectivity index (χ0n) is 11.1. The topological polar surface area (TPSA) is 3.24 Å². The van der Waals surface area contributed by atoms with E-state index in [1.165, 1.54) is 63.0 Å². The van der Waals surface area contributed by atoms with E-state index in [-0.39, 0.29) is 0 Å². The Labute approximate surface area is 112 Å². The Morgan fingerprint density at radius 3 is 1.94 bits per heavy atom. The van der Waals surface area contributed by atoms with Gasteiger partial charge < -0.3 is 4.90 Å². The zero-order chi connectivity index (χ0) is 12.1. The quantitative estimate of drug-likeness (QED) is 0.420. The molecule has 0 saturated carbocycles. The summed E-state index contributed by atoms with van der Waals surface area (Å²) >= 11 is 6.32. The van der Waals surface area contributed by atoms with Crippen molar-refractivity contribution in [3.8, 4) is 0 Å². The first-order valence-electron chi connectivity index (χ1n) is 6.60. The maximum absolute atomic E-state index is 4.22. The van der Waals surface area contributed by atoms with Gasteiger partial charge in [0, 0.05) is 12.3 Å². The normalized spacial score (nSPS) is 11.2. The third-order valence-corrected chi connectivity index (χ3v) is 3.99. The number of hydrogen-bond acceptors (Lipinski definition) is 3. The smallest absolute Gasteiger partial charge is 0.00662 e. The Morgan fingerprint density at radius 2 is 1.38 bits per heavy atom. The molecule has 0 aromatic carbocycles. The molecule has 1 nitrogen and oxygen atoms in total. The second kappa shape index (κ2) is 13.7. The maximum Gasteiger partial charge on any atom is 0.00662 e. The molecule has 16 heavy (non-hydrogen) atoms. The fourth-order valence-electron chi connectivity index (χ4n) is 1.55. The highest BCUT2D eigenvalue weighted by Gasteiger charge is 1.93. The zero-order valence-corrected chi connectivity index (χ0v) is 12.8. The Morgan fingerprint density at radius 1 is 0.812 bits per heavy atom. The first kappa shape index (κ1) is 16.7. The summed E-state index contributed by atoms with van der Waals surface area (Å²) in [6, 6.07) is 0. The number of rotatable bonds is 12. The summed E-state index contributed by atoms with van der Waals surface area (Å²) in [6.07, 6.45) is 9.77. The molecule has 98 valence electrons. The van der Waals surface area contributed by atoms with Gasteiger partial charge in [-0.25, -0.2) is 0 Å². The van der Waals surface area contributed by atoms with Gasteiger partial charge in [0.25, 0.3) is 0 Å². The number of unbranched alkanes of at least 4 members (excludes halogenated alkanes) is 6. The van der Waals surface area contributed by atoms with Crippen LogP contribution >= 0.6 is 24.4 Å². The van der Waals surface area contributed by atoms with Gasteiger partial charge in [-0.05, 0) is 38.4 Å². The van der Waals surface area contributed by atoms with Crippen molar-refractivity contribution in [2.45, 2.75) is 44.9 Å². The summed E-state index contributed by atoms with van der Waals surface area (Å²) in [6.45, 7) is 1.22. The molecule has 0 spiro atoms. The third-order valence-electron chi connectivity index (χ3n) is 2.63. The van der Waals surface area contributed by atoms with Crippen LogP contribution in [-0.2, 0) is 0 Å². The SMILES string of the molecule is CN(C)CCSCCCCCCCCCS. The van der Waals surface area contributed by atoms with Crippen LogP contribution in [0.2, 0.25) is 0 Å². The van der Waals surface area contributed by atoms with E-state index >= 15 is 0 Å². The first-order chi connectivity index (χ1) is 7.77. The van der Waals surface area contributed by atoms with Gasteiger partial charge in [-0.3, -0.25) is 0 Å². The highest BCUT2D eigenvalue weighted by Crippen LogP contribution is 2.10. The average Bonchev–Trinajstić information content (AvgIpc) is 2.25. The first-order valence-corrected chi connectivity index (χ1v) is 8.39. The number of nitrogens with zero attached hydrogens (tertiary/aromatic N) is 1. The summed E-state index contributed by atoms with van der Waals surface area (Å²) < 4.78 is 0. The largest absolute Gasteiger partial charge is 0.309 e. The minimum absolute atomic E-state index is 1.06. The molecule has 0 rings (SSSR count). The minimum Gasteiger partial charge on any atom is -0.309 e. The molecule has 0 amide bonds. The van der Waals surface area contributed by atoms with Crippen molar-refractivity contribution >= 4 is 24.4 Å². The van der Waals surface area contributed by atoms with E-state index in [9.17, 15) is 0 Å². The van der Waals surface area contributed by atoms with Crippen LogP contribution in [0.1, 0.15) is 44.9 Å². The monoisotopic (exact) mass is 263 g/mol. The predicted molar refractivity (Wildman–Crippen MR) is 82.1 cm³/mol. The summed E-state index contributed by atoms with van der Waals surface area (Å²) in [4.78, 5) is 2.26. The molecule has 0 aromatic heterocycles. The molecule has 0 fully saturated rings. The van der Waals surface area contributed by atoms with Gasteiger partial charge in [-0.15, -0.1) is 0 Å². The van der Waals surface area contributed by atoms with Gasteiger partial charge >= 0.3 is 0 Å². The van der Waals surface area contributed by atoms with Crippen molar-refractivity contribution in [2.24, 2.45) is 0 Å². The molecule has 0 radical (unpaired) electrons. The van der Waals surface area contributed by atoms with Gasteiger partial charge in [0.15, 0.2) is 0 Å². The van der Waals surface area contributed by atoms with Crippen molar-refractivity contribution in [3.63, 3.8) is 0 Å². The average molecular weight is 264 g/mol. The van der Waals surface area contributed by atoms with E-state index in [2.05, 4.69) is 43.4 Å². The van der Waals surface area contributed by atoms with Crippen LogP contribution in [0.25, 0.3) is 0 Å². The van der Waals surface area contributed by atoms with E-state index < -0.39 is 0 Å². The molecular formula is C13H29NS2. The van der Waals surface area contributed by atoms with Crippen molar-refractivity contribution in [1.82, 2.24) is 4.90 Å². The lowest BCUT2D eigenvalue weighted by Gasteiger charge is -2.08. The lowest BCUT2D eigenvalue weighted by Crippen LogP contribution is -2.14. The molecule has 0 atom stereocenters. The van der Waals surface area contributed by atoms with Gasteiger partial charge in [0.05, 0.1) is 0 Å². The summed E-state index contributed by atoms with van der Waals surface area (Å²) in [5.41, 5.74) is 0. The van der Waals surface area contributed by atoms with E-state index in [1.807, 2.05) is 0 Å². The fourth-order valence-corrected chi connectivity index (χ4v) is 2.88. The van der Waals surface area contributed by atoms with Gasteiger partial charge in [0.2, 0.25) is 0 Å².